The number of carbonyl (C=O) groups is 2. The third kappa shape index (κ3) is 2.91. The summed E-state index contributed by atoms with van der Waals surface area (Å²) in [5.74, 6) is -1.01. The monoisotopic (exact) mass is 199 g/mol. The number of amides is 2. The standard InChI is InChI=1S/C4H5NO3.C4H4O2/c6-3-1-2-4(7)5(3)8;1-2-6-4-3-5-1/h8H,1-2H2;1-4H. The van der Waals surface area contributed by atoms with Crippen LogP contribution in [-0.4, -0.2) is 22.1 Å². The molecule has 0 aromatic carbocycles. The highest BCUT2D eigenvalue weighted by Gasteiger charge is 2.26. The van der Waals surface area contributed by atoms with E-state index in [1.165, 1.54) is 25.0 Å². The molecule has 0 radical (unpaired) electrons. The summed E-state index contributed by atoms with van der Waals surface area (Å²) in [6, 6.07) is 0. The van der Waals surface area contributed by atoms with Crippen LogP contribution in [0.15, 0.2) is 25.0 Å². The van der Waals surface area contributed by atoms with Crippen LogP contribution in [0, 0.1) is 0 Å². The Balaban J connectivity index is 0.000000146. The normalized spacial score (nSPS) is 18.5. The zero-order valence-electron chi connectivity index (χ0n) is 7.25. The third-order valence-corrected chi connectivity index (χ3v) is 1.45. The minimum atomic E-state index is -0.505. The molecule has 0 spiro atoms. The number of hydrogen-bond acceptors (Lipinski definition) is 5. The smallest absolute Gasteiger partial charge is 0.253 e. The van der Waals surface area contributed by atoms with Gasteiger partial charge in [0.25, 0.3) is 11.8 Å². The topological polar surface area (TPSA) is 76.1 Å². The molecule has 2 heterocycles. The molecule has 6 heteroatoms. The number of hydroxylamine groups is 2. The van der Waals surface area contributed by atoms with Gasteiger partial charge in [-0.1, -0.05) is 0 Å². The summed E-state index contributed by atoms with van der Waals surface area (Å²) in [5.41, 5.74) is 0. The van der Waals surface area contributed by atoms with Crippen LogP contribution in [0.4, 0.5) is 0 Å². The Morgan fingerprint density at radius 1 is 1.00 bits per heavy atom. The Morgan fingerprint density at radius 3 is 1.50 bits per heavy atom. The van der Waals surface area contributed by atoms with Gasteiger partial charge < -0.3 is 9.47 Å². The van der Waals surface area contributed by atoms with E-state index in [0.717, 1.165) is 0 Å². The number of carbonyl (C=O) groups excluding carboxylic acids is 2. The molecule has 0 atom stereocenters. The molecular weight excluding hydrogens is 190 g/mol. The maximum absolute atomic E-state index is 10.2. The molecular formula is C8H9NO5. The molecule has 76 valence electrons. The van der Waals surface area contributed by atoms with Crippen molar-refractivity contribution in [2.45, 2.75) is 12.8 Å². The molecule has 0 unspecified atom stereocenters. The van der Waals surface area contributed by atoms with E-state index in [-0.39, 0.29) is 17.9 Å². The van der Waals surface area contributed by atoms with E-state index in [2.05, 4.69) is 9.47 Å². The van der Waals surface area contributed by atoms with Gasteiger partial charge in [-0.3, -0.25) is 14.8 Å². The molecule has 0 bridgehead atoms. The first-order valence-electron chi connectivity index (χ1n) is 3.87. The van der Waals surface area contributed by atoms with E-state index in [0.29, 0.717) is 0 Å². The predicted octanol–water partition coefficient (Wildman–Crippen LogP) is 0.500. The van der Waals surface area contributed by atoms with Crippen molar-refractivity contribution in [1.29, 1.82) is 0 Å². The molecule has 6 nitrogen and oxygen atoms in total. The molecule has 14 heavy (non-hydrogen) atoms. The van der Waals surface area contributed by atoms with Gasteiger partial charge in [-0.15, -0.1) is 0 Å². The summed E-state index contributed by atoms with van der Waals surface area (Å²) in [6.45, 7) is 0. The second-order valence-electron chi connectivity index (χ2n) is 2.42. The largest absolute Gasteiger partial charge is 0.466 e. The van der Waals surface area contributed by atoms with Gasteiger partial charge in [-0.2, -0.15) is 5.06 Å². The number of rotatable bonds is 0. The molecule has 1 N–H and O–H groups in total. The van der Waals surface area contributed by atoms with E-state index in [4.69, 9.17) is 5.21 Å². The fourth-order valence-corrected chi connectivity index (χ4v) is 0.784. The number of ether oxygens (including phenoxy) is 2. The maximum atomic E-state index is 10.2. The molecule has 1 fully saturated rings. The number of nitrogens with zero attached hydrogens (tertiary/aromatic N) is 1. The molecule has 2 rings (SSSR count). The van der Waals surface area contributed by atoms with E-state index >= 15 is 0 Å². The van der Waals surface area contributed by atoms with E-state index in [1.54, 1.807) is 0 Å². The lowest BCUT2D eigenvalue weighted by atomic mass is 10.4. The molecule has 0 aliphatic carbocycles. The van der Waals surface area contributed by atoms with Gasteiger partial charge in [0.05, 0.1) is 0 Å². The van der Waals surface area contributed by atoms with Crippen molar-refractivity contribution in [3.05, 3.63) is 25.0 Å². The first-order chi connectivity index (χ1) is 6.72. The van der Waals surface area contributed by atoms with Gasteiger partial charge in [0.15, 0.2) is 0 Å². The summed E-state index contributed by atoms with van der Waals surface area (Å²) in [7, 11) is 0. The minimum Gasteiger partial charge on any atom is -0.466 e. The Bertz CT molecular complexity index is 247. The summed E-state index contributed by atoms with van der Waals surface area (Å²) < 4.78 is 9.17. The number of hydrogen-bond donors (Lipinski definition) is 1. The van der Waals surface area contributed by atoms with Crippen molar-refractivity contribution in [2.24, 2.45) is 0 Å². The first-order valence-corrected chi connectivity index (χ1v) is 3.87. The lowest BCUT2D eigenvalue weighted by Crippen LogP contribution is -2.24. The molecule has 2 aliphatic heterocycles. The van der Waals surface area contributed by atoms with Gasteiger partial charge in [0.2, 0.25) is 0 Å². The number of imide groups is 1. The summed E-state index contributed by atoms with van der Waals surface area (Å²) in [6.07, 6.45) is 6.13. The zero-order chi connectivity index (χ0) is 10.4. The van der Waals surface area contributed by atoms with Crippen molar-refractivity contribution in [1.82, 2.24) is 5.06 Å². The van der Waals surface area contributed by atoms with Crippen LogP contribution >= 0.6 is 0 Å². The SMILES string of the molecule is C1=COC=CO1.O=C1CCC(=O)N1O. The van der Waals surface area contributed by atoms with Crippen LogP contribution in [0.1, 0.15) is 12.8 Å². The molecule has 0 aromatic heterocycles. The van der Waals surface area contributed by atoms with Crippen molar-refractivity contribution < 1.29 is 24.3 Å². The average molecular weight is 199 g/mol. The van der Waals surface area contributed by atoms with Gasteiger partial charge in [-0.25, -0.2) is 0 Å². The highest BCUT2D eigenvalue weighted by atomic mass is 16.5. The van der Waals surface area contributed by atoms with Gasteiger partial charge in [0.1, 0.15) is 25.0 Å². The summed E-state index contributed by atoms with van der Waals surface area (Å²) in [4.78, 5) is 20.5. The second kappa shape index (κ2) is 5.03. The minimum absolute atomic E-state index is 0.148. The summed E-state index contributed by atoms with van der Waals surface area (Å²) >= 11 is 0. The van der Waals surface area contributed by atoms with E-state index in [1.807, 2.05) is 0 Å². The molecule has 2 aliphatic rings. The first kappa shape index (κ1) is 10.3. The van der Waals surface area contributed by atoms with Crippen molar-refractivity contribution in [2.75, 3.05) is 0 Å². The molecule has 2 amide bonds. The quantitative estimate of drug-likeness (QED) is 0.454. The highest BCUT2D eigenvalue weighted by molar-refractivity contribution is 6.00. The second-order valence-corrected chi connectivity index (χ2v) is 2.42. The summed E-state index contributed by atoms with van der Waals surface area (Å²) in [5, 5.41) is 8.57. The Morgan fingerprint density at radius 2 is 1.36 bits per heavy atom. The van der Waals surface area contributed by atoms with Crippen LogP contribution in [0.25, 0.3) is 0 Å². The van der Waals surface area contributed by atoms with Gasteiger partial charge in [-0.05, 0) is 0 Å². The van der Waals surface area contributed by atoms with E-state index < -0.39 is 11.8 Å². The zero-order valence-corrected chi connectivity index (χ0v) is 7.25. The van der Waals surface area contributed by atoms with E-state index in [9.17, 15) is 9.59 Å². The molecule has 0 saturated carbocycles. The average Bonchev–Trinajstić information content (AvgIpc) is 2.53. The third-order valence-electron chi connectivity index (χ3n) is 1.45. The van der Waals surface area contributed by atoms with Crippen LogP contribution in [0.2, 0.25) is 0 Å². The molecule has 0 aromatic rings. The fraction of sp³-hybridized carbons (Fsp3) is 0.250. The van der Waals surface area contributed by atoms with Crippen molar-refractivity contribution in [3.63, 3.8) is 0 Å². The Kier molecular flexibility index (Phi) is 3.69. The van der Waals surface area contributed by atoms with Crippen molar-refractivity contribution >= 4 is 11.8 Å². The van der Waals surface area contributed by atoms with Crippen molar-refractivity contribution in [3.8, 4) is 0 Å². The fourth-order valence-electron chi connectivity index (χ4n) is 0.784. The van der Waals surface area contributed by atoms with Gasteiger partial charge in [0, 0.05) is 12.8 Å². The van der Waals surface area contributed by atoms with Crippen LogP contribution in [0.5, 0.6) is 0 Å². The highest BCUT2D eigenvalue weighted by Crippen LogP contribution is 2.06. The van der Waals surface area contributed by atoms with Gasteiger partial charge >= 0.3 is 0 Å². The molecule has 1 saturated heterocycles. The van der Waals surface area contributed by atoms with Crippen LogP contribution < -0.4 is 0 Å². The van der Waals surface area contributed by atoms with Crippen LogP contribution in [0.3, 0.4) is 0 Å². The van der Waals surface area contributed by atoms with Crippen LogP contribution in [-0.2, 0) is 19.1 Å². The maximum Gasteiger partial charge on any atom is 0.253 e. The lowest BCUT2D eigenvalue weighted by Gasteiger charge is -1.98. The Hall–Kier alpha value is -1.82. The predicted molar refractivity (Wildman–Crippen MR) is 43.3 cm³/mol. The lowest BCUT2D eigenvalue weighted by molar-refractivity contribution is -0.171. The Labute approximate surface area is 80.0 Å².